The summed E-state index contributed by atoms with van der Waals surface area (Å²) in [7, 11) is 0. The van der Waals surface area contributed by atoms with E-state index in [4.69, 9.17) is 4.42 Å². The lowest BCUT2D eigenvalue weighted by molar-refractivity contribution is -0.384. The molecule has 8 nitrogen and oxygen atoms in total. The first-order valence-corrected chi connectivity index (χ1v) is 7.56. The maximum Gasteiger partial charge on any atom is 0.270 e. The highest BCUT2D eigenvalue weighted by molar-refractivity contribution is 7.99. The Morgan fingerprint density at radius 3 is 2.79 bits per heavy atom. The van der Waals surface area contributed by atoms with Gasteiger partial charge in [0.25, 0.3) is 5.69 Å². The zero-order valence-electron chi connectivity index (χ0n) is 12.4. The van der Waals surface area contributed by atoms with E-state index in [2.05, 4.69) is 15.2 Å². The van der Waals surface area contributed by atoms with Crippen LogP contribution in [0.3, 0.4) is 0 Å². The number of furan rings is 1. The van der Waals surface area contributed by atoms with Crippen LogP contribution in [-0.2, 0) is 0 Å². The van der Waals surface area contributed by atoms with Crippen molar-refractivity contribution in [3.8, 4) is 11.5 Å². The Hall–Kier alpha value is -3.07. The molecule has 0 N–H and O–H groups in total. The van der Waals surface area contributed by atoms with E-state index < -0.39 is 4.92 Å². The van der Waals surface area contributed by atoms with Gasteiger partial charge in [0.15, 0.2) is 12.0 Å². The summed E-state index contributed by atoms with van der Waals surface area (Å²) in [5.41, 5.74) is 0.549. The molecule has 0 spiro atoms. The van der Waals surface area contributed by atoms with Gasteiger partial charge in [-0.1, -0.05) is 0 Å². The molecular weight excluding hydrogens is 332 g/mol. The van der Waals surface area contributed by atoms with Crippen LogP contribution in [0.15, 0.2) is 51.0 Å². The maximum atomic E-state index is 11.2. The molecule has 0 amide bonds. The first kappa shape index (κ1) is 15.8. The van der Waals surface area contributed by atoms with E-state index >= 15 is 0 Å². The van der Waals surface area contributed by atoms with Crippen molar-refractivity contribution in [2.75, 3.05) is 0 Å². The van der Waals surface area contributed by atoms with Gasteiger partial charge in [-0.3, -0.25) is 14.9 Å². The minimum Gasteiger partial charge on any atom is -0.460 e. The van der Waals surface area contributed by atoms with E-state index in [1.807, 2.05) is 13.0 Å². The zero-order chi connectivity index (χ0) is 17.1. The minimum atomic E-state index is -0.556. The predicted octanol–water partition coefficient (Wildman–Crippen LogP) is 3.31. The minimum absolute atomic E-state index is 0.152. The van der Waals surface area contributed by atoms with Crippen LogP contribution >= 0.6 is 11.8 Å². The van der Waals surface area contributed by atoms with Crippen molar-refractivity contribution in [1.29, 1.82) is 0 Å². The Labute approximate surface area is 140 Å². The van der Waals surface area contributed by atoms with Crippen LogP contribution in [0.25, 0.3) is 11.5 Å². The third-order valence-electron chi connectivity index (χ3n) is 3.06. The van der Waals surface area contributed by atoms with Crippen molar-refractivity contribution < 1.29 is 14.1 Å². The molecular formula is C15H10N4O4S. The molecule has 0 fully saturated rings. The molecule has 0 unspecified atom stereocenters. The van der Waals surface area contributed by atoms with E-state index in [0.29, 0.717) is 27.8 Å². The smallest absolute Gasteiger partial charge is 0.270 e. The largest absolute Gasteiger partial charge is 0.460 e. The molecule has 2 aromatic heterocycles. The number of nitro groups is 1. The number of hydrogen-bond donors (Lipinski definition) is 0. The summed E-state index contributed by atoms with van der Waals surface area (Å²) in [5, 5.41) is 18.9. The van der Waals surface area contributed by atoms with Crippen LogP contribution < -0.4 is 0 Å². The number of benzene rings is 1. The van der Waals surface area contributed by atoms with Gasteiger partial charge in [-0.25, -0.2) is 4.98 Å². The van der Waals surface area contributed by atoms with Crippen LogP contribution in [-0.4, -0.2) is 26.4 Å². The molecule has 0 aliphatic carbocycles. The van der Waals surface area contributed by atoms with Crippen molar-refractivity contribution in [1.82, 2.24) is 15.2 Å². The van der Waals surface area contributed by atoms with Gasteiger partial charge in [0.05, 0.1) is 11.1 Å². The maximum absolute atomic E-state index is 11.2. The summed E-state index contributed by atoms with van der Waals surface area (Å²) >= 11 is 1.09. The number of aryl methyl sites for hydroxylation is 1. The van der Waals surface area contributed by atoms with Crippen molar-refractivity contribution in [2.24, 2.45) is 0 Å². The number of nitrogens with zero attached hydrogens (tertiary/aromatic N) is 4. The molecule has 120 valence electrons. The second-order valence-electron chi connectivity index (χ2n) is 4.73. The number of non-ortho nitro benzene ring substituents is 1. The van der Waals surface area contributed by atoms with E-state index in [1.54, 1.807) is 6.07 Å². The molecule has 1 aromatic carbocycles. The first-order chi connectivity index (χ1) is 11.6. The molecule has 0 radical (unpaired) electrons. The number of aldehydes is 1. The number of hydrogen-bond acceptors (Lipinski definition) is 8. The lowest BCUT2D eigenvalue weighted by atomic mass is 10.2. The van der Waals surface area contributed by atoms with Gasteiger partial charge in [-0.15, -0.1) is 5.10 Å². The van der Waals surface area contributed by atoms with Gasteiger partial charge in [0.2, 0.25) is 5.16 Å². The van der Waals surface area contributed by atoms with E-state index in [9.17, 15) is 14.9 Å². The Bertz CT molecular complexity index is 925. The topological polar surface area (TPSA) is 112 Å². The molecule has 0 aliphatic heterocycles. The van der Waals surface area contributed by atoms with Crippen molar-refractivity contribution in [3.63, 3.8) is 0 Å². The molecule has 0 saturated heterocycles. The number of carbonyl (C=O) groups excluding carboxylic acids is 1. The first-order valence-electron chi connectivity index (χ1n) is 6.75. The fourth-order valence-corrected chi connectivity index (χ4v) is 2.74. The summed E-state index contributed by atoms with van der Waals surface area (Å²) in [6.45, 7) is 1.82. The number of aromatic nitrogens is 3. The fraction of sp³-hybridized carbons (Fsp3) is 0.0667. The molecule has 2 heterocycles. The van der Waals surface area contributed by atoms with Crippen LogP contribution in [0.4, 0.5) is 5.69 Å². The standard InChI is InChI=1S/C15H10N4O4S/c1-9-2-4-13(23-9)12-7-16-18-15(17-12)24-14-5-3-11(19(21)22)6-10(14)8-20/h2-8H,1H3. The highest BCUT2D eigenvalue weighted by Crippen LogP contribution is 2.30. The number of nitro benzene ring substituents is 1. The molecule has 24 heavy (non-hydrogen) atoms. The lowest BCUT2D eigenvalue weighted by Crippen LogP contribution is -1.95. The average Bonchev–Trinajstić information content (AvgIpc) is 3.02. The summed E-state index contributed by atoms with van der Waals surface area (Å²) in [4.78, 5) is 26.2. The second kappa shape index (κ2) is 6.59. The van der Waals surface area contributed by atoms with Gasteiger partial charge >= 0.3 is 0 Å². The van der Waals surface area contributed by atoms with Gasteiger partial charge < -0.3 is 4.42 Å². The quantitative estimate of drug-likeness (QED) is 0.394. The highest BCUT2D eigenvalue weighted by Gasteiger charge is 2.14. The molecule has 3 aromatic rings. The molecule has 3 rings (SSSR count). The van der Waals surface area contributed by atoms with Crippen LogP contribution in [0.1, 0.15) is 16.1 Å². The van der Waals surface area contributed by atoms with E-state index in [-0.39, 0.29) is 11.3 Å². The number of carbonyl (C=O) groups is 1. The van der Waals surface area contributed by atoms with Crippen molar-refractivity contribution in [2.45, 2.75) is 17.0 Å². The molecule has 0 aliphatic rings. The van der Waals surface area contributed by atoms with E-state index in [0.717, 1.165) is 17.5 Å². The van der Waals surface area contributed by atoms with Crippen molar-refractivity contribution >= 4 is 23.7 Å². The Kier molecular flexibility index (Phi) is 4.34. The van der Waals surface area contributed by atoms with Crippen LogP contribution in [0.5, 0.6) is 0 Å². The van der Waals surface area contributed by atoms with Gasteiger partial charge in [0.1, 0.15) is 11.5 Å². The molecule has 0 atom stereocenters. The average molecular weight is 342 g/mol. The summed E-state index contributed by atoms with van der Waals surface area (Å²) in [6.07, 6.45) is 2.03. The summed E-state index contributed by atoms with van der Waals surface area (Å²) in [6, 6.07) is 7.60. The summed E-state index contributed by atoms with van der Waals surface area (Å²) in [5.74, 6) is 1.31. The van der Waals surface area contributed by atoms with E-state index in [1.165, 1.54) is 24.4 Å². The SMILES string of the molecule is Cc1ccc(-c2cnnc(Sc3ccc([N+](=O)[O-])cc3C=O)n2)o1. The Balaban J connectivity index is 1.91. The second-order valence-corrected chi connectivity index (χ2v) is 5.74. The van der Waals surface area contributed by atoms with Crippen LogP contribution in [0, 0.1) is 17.0 Å². The highest BCUT2D eigenvalue weighted by atomic mass is 32.2. The zero-order valence-corrected chi connectivity index (χ0v) is 13.2. The molecule has 0 saturated carbocycles. The third kappa shape index (κ3) is 3.30. The third-order valence-corrected chi connectivity index (χ3v) is 4.01. The molecule has 9 heteroatoms. The normalized spacial score (nSPS) is 10.5. The van der Waals surface area contributed by atoms with Gasteiger partial charge in [0, 0.05) is 22.6 Å². The Morgan fingerprint density at radius 2 is 2.12 bits per heavy atom. The summed E-state index contributed by atoms with van der Waals surface area (Å²) < 4.78 is 5.49. The monoisotopic (exact) mass is 342 g/mol. The van der Waals surface area contributed by atoms with Crippen LogP contribution in [0.2, 0.25) is 0 Å². The van der Waals surface area contributed by atoms with Gasteiger partial charge in [-0.05, 0) is 36.9 Å². The molecule has 0 bridgehead atoms. The lowest BCUT2D eigenvalue weighted by Gasteiger charge is -2.04. The number of rotatable bonds is 5. The predicted molar refractivity (Wildman–Crippen MR) is 84.9 cm³/mol. The Morgan fingerprint density at radius 1 is 1.29 bits per heavy atom. The fourth-order valence-electron chi connectivity index (χ4n) is 1.95. The van der Waals surface area contributed by atoms with Gasteiger partial charge in [-0.2, -0.15) is 5.10 Å². The van der Waals surface area contributed by atoms with Crippen molar-refractivity contribution in [3.05, 3.63) is 58.0 Å².